The van der Waals surface area contributed by atoms with E-state index in [1.165, 1.54) is 7.11 Å². The van der Waals surface area contributed by atoms with E-state index in [1.807, 2.05) is 0 Å². The van der Waals surface area contributed by atoms with Crippen LogP contribution >= 0.6 is 0 Å². The van der Waals surface area contributed by atoms with E-state index in [-0.39, 0.29) is 12.2 Å². The highest BCUT2D eigenvalue weighted by molar-refractivity contribution is 5.72. The lowest BCUT2D eigenvalue weighted by Gasteiger charge is -2.12. The van der Waals surface area contributed by atoms with E-state index in [4.69, 9.17) is 9.84 Å². The number of phenolic OH excluding ortho intramolecular Hbond substituents is 1. The normalized spacial score (nSPS) is 10.1. The summed E-state index contributed by atoms with van der Waals surface area (Å²) in [5.41, 5.74) is 2.11. The average molecular weight is 210 g/mol. The standard InChI is InChI=1S/C11H14O4/c1-6-7(2)11(14)9(15-3)4-8(6)5-10(12)13/h4,14H,5H2,1-3H3,(H,12,13). The molecule has 0 radical (unpaired) electrons. The fourth-order valence-electron chi connectivity index (χ4n) is 1.44. The van der Waals surface area contributed by atoms with Gasteiger partial charge in [-0.3, -0.25) is 4.79 Å². The lowest BCUT2D eigenvalue weighted by atomic mass is 9.99. The van der Waals surface area contributed by atoms with Crippen molar-refractivity contribution in [3.8, 4) is 11.5 Å². The highest BCUT2D eigenvalue weighted by Gasteiger charge is 2.13. The molecule has 1 aromatic carbocycles. The van der Waals surface area contributed by atoms with Gasteiger partial charge >= 0.3 is 5.97 Å². The number of hydrogen-bond acceptors (Lipinski definition) is 3. The molecule has 4 nitrogen and oxygen atoms in total. The van der Waals surface area contributed by atoms with Crippen molar-refractivity contribution in [1.29, 1.82) is 0 Å². The molecule has 0 saturated heterocycles. The molecule has 15 heavy (non-hydrogen) atoms. The van der Waals surface area contributed by atoms with Gasteiger partial charge in [-0.2, -0.15) is 0 Å². The van der Waals surface area contributed by atoms with E-state index in [9.17, 15) is 9.90 Å². The molecule has 0 aromatic heterocycles. The van der Waals surface area contributed by atoms with Crippen molar-refractivity contribution >= 4 is 5.97 Å². The van der Waals surface area contributed by atoms with Gasteiger partial charge in [0.15, 0.2) is 11.5 Å². The lowest BCUT2D eigenvalue weighted by Crippen LogP contribution is -2.04. The zero-order valence-corrected chi connectivity index (χ0v) is 9.00. The number of benzene rings is 1. The number of carboxylic acid groups (broad SMARTS) is 1. The second-order valence-corrected chi connectivity index (χ2v) is 3.41. The first kappa shape index (κ1) is 11.4. The molecule has 0 unspecified atom stereocenters. The zero-order chi connectivity index (χ0) is 11.6. The molecule has 0 aliphatic carbocycles. The molecular weight excluding hydrogens is 196 g/mol. The Bertz CT molecular complexity index is 396. The summed E-state index contributed by atoms with van der Waals surface area (Å²) < 4.78 is 4.96. The van der Waals surface area contributed by atoms with Gasteiger partial charge in [0.2, 0.25) is 0 Å². The van der Waals surface area contributed by atoms with Gasteiger partial charge < -0.3 is 14.9 Å². The van der Waals surface area contributed by atoms with Crippen LogP contribution in [0.4, 0.5) is 0 Å². The molecule has 0 fully saturated rings. The molecule has 0 bridgehead atoms. The number of rotatable bonds is 3. The fourth-order valence-corrected chi connectivity index (χ4v) is 1.44. The Morgan fingerprint density at radius 3 is 2.47 bits per heavy atom. The number of hydrogen-bond donors (Lipinski definition) is 2. The summed E-state index contributed by atoms with van der Waals surface area (Å²) in [7, 11) is 1.44. The van der Waals surface area contributed by atoms with Crippen molar-refractivity contribution in [2.75, 3.05) is 7.11 Å². The van der Waals surface area contributed by atoms with Crippen LogP contribution < -0.4 is 4.74 Å². The molecular formula is C11H14O4. The maximum absolute atomic E-state index is 10.6. The molecule has 0 saturated carbocycles. The minimum Gasteiger partial charge on any atom is -0.504 e. The predicted octanol–water partition coefficient (Wildman–Crippen LogP) is 1.64. The van der Waals surface area contributed by atoms with Crippen LogP contribution in [0, 0.1) is 13.8 Å². The van der Waals surface area contributed by atoms with Crippen molar-refractivity contribution in [1.82, 2.24) is 0 Å². The SMILES string of the molecule is COc1cc(CC(=O)O)c(C)c(C)c1O. The maximum Gasteiger partial charge on any atom is 0.307 e. The summed E-state index contributed by atoms with van der Waals surface area (Å²) in [6.07, 6.45) is -0.0662. The summed E-state index contributed by atoms with van der Waals surface area (Å²) in [6, 6.07) is 1.56. The first-order chi connectivity index (χ1) is 6.97. The minimum absolute atomic E-state index is 0.0662. The Morgan fingerprint density at radius 2 is 2.00 bits per heavy atom. The van der Waals surface area contributed by atoms with Gasteiger partial charge in [-0.1, -0.05) is 0 Å². The number of carboxylic acids is 1. The van der Waals surface area contributed by atoms with E-state index >= 15 is 0 Å². The Hall–Kier alpha value is -1.71. The average Bonchev–Trinajstić information content (AvgIpc) is 2.18. The van der Waals surface area contributed by atoms with Crippen LogP contribution in [-0.2, 0) is 11.2 Å². The molecule has 0 amide bonds. The van der Waals surface area contributed by atoms with Crippen molar-refractivity contribution in [3.05, 3.63) is 22.8 Å². The lowest BCUT2D eigenvalue weighted by molar-refractivity contribution is -0.136. The zero-order valence-electron chi connectivity index (χ0n) is 9.00. The number of phenols is 1. The first-order valence-corrected chi connectivity index (χ1v) is 4.55. The highest BCUT2D eigenvalue weighted by atomic mass is 16.5. The van der Waals surface area contributed by atoms with E-state index in [0.29, 0.717) is 16.9 Å². The predicted molar refractivity (Wildman–Crippen MR) is 55.5 cm³/mol. The maximum atomic E-state index is 10.6. The Balaban J connectivity index is 3.28. The van der Waals surface area contributed by atoms with Gasteiger partial charge in [0.1, 0.15) is 0 Å². The number of ether oxygens (including phenoxy) is 1. The Kier molecular flexibility index (Phi) is 3.19. The van der Waals surface area contributed by atoms with Crippen LogP contribution in [0.15, 0.2) is 6.07 Å². The Labute approximate surface area is 88.1 Å². The highest BCUT2D eigenvalue weighted by Crippen LogP contribution is 2.34. The molecule has 0 spiro atoms. The van der Waals surface area contributed by atoms with Crippen LogP contribution in [0.2, 0.25) is 0 Å². The number of methoxy groups -OCH3 is 1. The molecule has 1 rings (SSSR count). The van der Waals surface area contributed by atoms with E-state index < -0.39 is 5.97 Å². The molecule has 4 heteroatoms. The molecule has 0 aliphatic rings. The summed E-state index contributed by atoms with van der Waals surface area (Å²) in [4.78, 5) is 10.6. The molecule has 82 valence electrons. The summed E-state index contributed by atoms with van der Waals surface area (Å²) in [5.74, 6) is -0.510. The van der Waals surface area contributed by atoms with Crippen molar-refractivity contribution in [2.45, 2.75) is 20.3 Å². The monoisotopic (exact) mass is 210 g/mol. The second-order valence-electron chi connectivity index (χ2n) is 3.41. The van der Waals surface area contributed by atoms with E-state index in [0.717, 1.165) is 5.56 Å². The molecule has 0 atom stereocenters. The number of carbonyl (C=O) groups is 1. The fraction of sp³-hybridized carbons (Fsp3) is 0.364. The van der Waals surface area contributed by atoms with Crippen molar-refractivity contribution < 1.29 is 19.7 Å². The van der Waals surface area contributed by atoms with E-state index in [1.54, 1.807) is 19.9 Å². The van der Waals surface area contributed by atoms with Crippen LogP contribution in [0.3, 0.4) is 0 Å². The van der Waals surface area contributed by atoms with Crippen LogP contribution in [0.25, 0.3) is 0 Å². The number of aromatic hydroxyl groups is 1. The van der Waals surface area contributed by atoms with Gasteiger partial charge in [0.25, 0.3) is 0 Å². The molecule has 0 aliphatic heterocycles. The Morgan fingerprint density at radius 1 is 1.40 bits per heavy atom. The van der Waals surface area contributed by atoms with Crippen LogP contribution in [0.1, 0.15) is 16.7 Å². The third-order valence-corrected chi connectivity index (χ3v) is 2.50. The number of aliphatic carboxylic acids is 1. The van der Waals surface area contributed by atoms with Crippen LogP contribution in [0.5, 0.6) is 11.5 Å². The van der Waals surface area contributed by atoms with Crippen molar-refractivity contribution in [2.24, 2.45) is 0 Å². The second kappa shape index (κ2) is 4.21. The first-order valence-electron chi connectivity index (χ1n) is 4.55. The largest absolute Gasteiger partial charge is 0.504 e. The van der Waals surface area contributed by atoms with E-state index in [2.05, 4.69) is 0 Å². The van der Waals surface area contributed by atoms with Crippen molar-refractivity contribution in [3.63, 3.8) is 0 Å². The third kappa shape index (κ3) is 2.21. The molecule has 1 aromatic rings. The smallest absolute Gasteiger partial charge is 0.307 e. The molecule has 0 heterocycles. The topological polar surface area (TPSA) is 66.8 Å². The summed E-state index contributed by atoms with van der Waals surface area (Å²) in [5, 5.41) is 18.4. The van der Waals surface area contributed by atoms with Gasteiger partial charge in [-0.25, -0.2) is 0 Å². The summed E-state index contributed by atoms with van der Waals surface area (Å²) >= 11 is 0. The third-order valence-electron chi connectivity index (χ3n) is 2.50. The summed E-state index contributed by atoms with van der Waals surface area (Å²) in [6.45, 7) is 3.52. The minimum atomic E-state index is -0.898. The van der Waals surface area contributed by atoms with Gasteiger partial charge in [0, 0.05) is 0 Å². The molecule has 2 N–H and O–H groups in total. The van der Waals surface area contributed by atoms with Gasteiger partial charge in [-0.05, 0) is 36.6 Å². The van der Waals surface area contributed by atoms with Gasteiger partial charge in [-0.15, -0.1) is 0 Å². The van der Waals surface area contributed by atoms with Crippen LogP contribution in [-0.4, -0.2) is 23.3 Å². The quantitative estimate of drug-likeness (QED) is 0.796. The van der Waals surface area contributed by atoms with Gasteiger partial charge in [0.05, 0.1) is 13.5 Å².